The number of carbonyl (C=O) groups is 1. The number of carbonyl (C=O) groups excluding carboxylic acids is 1. The minimum Gasteiger partial charge on any atom is -0.428 e. The van der Waals surface area contributed by atoms with Crippen LogP contribution in [0.5, 0.6) is 5.75 Å². The summed E-state index contributed by atoms with van der Waals surface area (Å²) in [5.41, 5.74) is 0.782. The lowest BCUT2D eigenvalue weighted by atomic mass is 10.00. The summed E-state index contributed by atoms with van der Waals surface area (Å²) in [6.45, 7) is 4.71. The van der Waals surface area contributed by atoms with Crippen LogP contribution in [0.1, 0.15) is 11.1 Å². The molecule has 3 heterocycles. The number of oxazole rings is 1. The van der Waals surface area contributed by atoms with Gasteiger partial charge >= 0.3 is 6.18 Å². The fourth-order valence-corrected chi connectivity index (χ4v) is 3.33. The molecule has 0 radical (unpaired) electrons. The zero-order valence-electron chi connectivity index (χ0n) is 15.4. The Kier molecular flexibility index (Phi) is 4.87. The van der Waals surface area contributed by atoms with Crippen LogP contribution in [0.3, 0.4) is 0 Å². The third-order valence-corrected chi connectivity index (χ3v) is 4.69. The Balaban J connectivity index is 1.78. The van der Waals surface area contributed by atoms with Crippen LogP contribution in [0, 0.1) is 6.92 Å². The molecule has 29 heavy (non-hydrogen) atoms. The Bertz CT molecular complexity index is 1060. The predicted molar refractivity (Wildman–Crippen MR) is 98.8 cm³/mol. The molecule has 7 nitrogen and oxygen atoms in total. The van der Waals surface area contributed by atoms with Gasteiger partial charge in [-0.15, -0.1) is 0 Å². The number of nitrogens with one attached hydrogen (secondary N) is 1. The molecule has 1 aliphatic heterocycles. The molecule has 0 unspecified atom stereocenters. The fourth-order valence-electron chi connectivity index (χ4n) is 3.33. The zero-order chi connectivity index (χ0) is 20.6. The van der Waals surface area contributed by atoms with Crippen molar-refractivity contribution in [1.82, 2.24) is 15.3 Å². The molecule has 152 valence electrons. The molecule has 1 fully saturated rings. The lowest BCUT2D eigenvalue weighted by Crippen LogP contribution is -2.43. The van der Waals surface area contributed by atoms with Gasteiger partial charge in [-0.2, -0.15) is 18.2 Å². The molecule has 4 rings (SSSR count). The molecule has 0 atom stereocenters. The quantitative estimate of drug-likeness (QED) is 0.667. The Labute approximate surface area is 163 Å². The maximum Gasteiger partial charge on any atom is 0.416 e. The largest absolute Gasteiger partial charge is 0.428 e. The molecule has 1 aromatic carbocycles. The number of aromatic nitrogens is 2. The summed E-state index contributed by atoms with van der Waals surface area (Å²) in [5.74, 6) is -0.218. The van der Waals surface area contributed by atoms with Gasteiger partial charge in [-0.05, 0) is 36.8 Å². The number of piperazine rings is 1. The molecule has 0 bridgehead atoms. The van der Waals surface area contributed by atoms with E-state index in [0.717, 1.165) is 38.3 Å². The Hall–Kier alpha value is -3.14. The van der Waals surface area contributed by atoms with E-state index in [-0.39, 0.29) is 17.8 Å². The molecular formula is C19H17F3N4O3. The van der Waals surface area contributed by atoms with Crippen molar-refractivity contribution < 1.29 is 27.1 Å². The molecule has 1 saturated heterocycles. The van der Waals surface area contributed by atoms with Gasteiger partial charge in [0.15, 0.2) is 5.58 Å². The van der Waals surface area contributed by atoms with Crippen molar-refractivity contribution in [3.63, 3.8) is 0 Å². The van der Waals surface area contributed by atoms with E-state index >= 15 is 0 Å². The third-order valence-electron chi connectivity index (χ3n) is 4.69. The van der Waals surface area contributed by atoms with Crippen molar-refractivity contribution in [2.45, 2.75) is 13.1 Å². The van der Waals surface area contributed by atoms with Gasteiger partial charge in [-0.1, -0.05) is 0 Å². The van der Waals surface area contributed by atoms with Gasteiger partial charge < -0.3 is 19.4 Å². The minimum atomic E-state index is -4.56. The first-order valence-corrected chi connectivity index (χ1v) is 8.92. The van der Waals surface area contributed by atoms with Crippen molar-refractivity contribution in [3.8, 4) is 17.0 Å². The number of pyridine rings is 1. The van der Waals surface area contributed by atoms with Crippen molar-refractivity contribution in [2.75, 3.05) is 31.1 Å². The second-order valence-corrected chi connectivity index (χ2v) is 6.63. The van der Waals surface area contributed by atoms with E-state index in [2.05, 4.69) is 15.3 Å². The highest BCUT2D eigenvalue weighted by atomic mass is 19.4. The number of fused-ring (bicyclic) bond motifs is 1. The number of nitrogens with zero attached hydrogens (tertiary/aromatic N) is 3. The van der Waals surface area contributed by atoms with E-state index in [1.807, 2.05) is 4.90 Å². The summed E-state index contributed by atoms with van der Waals surface area (Å²) in [4.78, 5) is 21.7. The van der Waals surface area contributed by atoms with E-state index in [1.165, 1.54) is 6.92 Å². The average molecular weight is 406 g/mol. The summed E-state index contributed by atoms with van der Waals surface area (Å²) in [6, 6.07) is 5.48. The monoisotopic (exact) mass is 406 g/mol. The molecule has 0 spiro atoms. The number of anilines is 1. The normalized spacial score (nSPS) is 15.0. The Morgan fingerprint density at radius 2 is 1.97 bits per heavy atom. The topological polar surface area (TPSA) is 80.5 Å². The summed E-state index contributed by atoms with van der Waals surface area (Å²) in [5, 5.41) is 3.24. The van der Waals surface area contributed by atoms with Gasteiger partial charge in [-0.25, -0.2) is 4.98 Å². The number of hydrogen-bond donors (Lipinski definition) is 1. The maximum atomic E-state index is 13.1. The number of hydrogen-bond acceptors (Lipinski definition) is 7. The number of rotatable bonds is 4. The molecule has 10 heteroatoms. The van der Waals surface area contributed by atoms with Gasteiger partial charge in [0, 0.05) is 31.7 Å². The summed E-state index contributed by atoms with van der Waals surface area (Å²) in [7, 11) is 0. The molecular weight excluding hydrogens is 389 g/mol. The summed E-state index contributed by atoms with van der Waals surface area (Å²) in [6.07, 6.45) is -4.56. The standard InChI is InChI=1S/C19H17F3N4O3/c1-11-8-12(19(20,21)22)9-15(28-10-27)16(11)13-2-3-14-17(24-13)25-18(29-14)26-6-4-23-5-7-26/h2-3,8-10,23H,4-7H2,1H3. The van der Waals surface area contributed by atoms with Gasteiger partial charge in [0.1, 0.15) is 5.75 Å². The van der Waals surface area contributed by atoms with Gasteiger partial charge in [0.2, 0.25) is 5.65 Å². The molecule has 0 saturated carbocycles. The number of ether oxygens (including phenoxy) is 1. The van der Waals surface area contributed by atoms with Gasteiger partial charge in [0.25, 0.3) is 12.5 Å². The Morgan fingerprint density at radius 3 is 2.66 bits per heavy atom. The Morgan fingerprint density at radius 1 is 1.21 bits per heavy atom. The number of halogens is 3. The van der Waals surface area contributed by atoms with E-state index in [1.54, 1.807) is 12.1 Å². The number of alkyl halides is 3. The lowest BCUT2D eigenvalue weighted by molar-refractivity contribution is -0.138. The van der Waals surface area contributed by atoms with Crippen molar-refractivity contribution in [2.24, 2.45) is 0 Å². The SMILES string of the molecule is Cc1cc(C(F)(F)F)cc(OC=O)c1-c1ccc2oc(N3CCNCC3)nc2n1. The average Bonchev–Trinajstić information content (AvgIpc) is 3.11. The molecule has 2 aromatic heterocycles. The first-order chi connectivity index (χ1) is 13.9. The summed E-state index contributed by atoms with van der Waals surface area (Å²) >= 11 is 0. The highest BCUT2D eigenvalue weighted by Crippen LogP contribution is 2.39. The molecule has 0 amide bonds. The van der Waals surface area contributed by atoms with E-state index in [0.29, 0.717) is 28.5 Å². The second kappa shape index (κ2) is 7.36. The van der Waals surface area contributed by atoms with Gasteiger partial charge in [-0.3, -0.25) is 4.79 Å². The van der Waals surface area contributed by atoms with Crippen LogP contribution in [0.4, 0.5) is 19.2 Å². The van der Waals surface area contributed by atoms with Crippen molar-refractivity contribution >= 4 is 23.7 Å². The highest BCUT2D eigenvalue weighted by Gasteiger charge is 2.32. The lowest BCUT2D eigenvalue weighted by Gasteiger charge is -2.25. The van der Waals surface area contributed by atoms with E-state index in [4.69, 9.17) is 9.15 Å². The highest BCUT2D eigenvalue weighted by molar-refractivity contribution is 5.79. The van der Waals surface area contributed by atoms with Crippen LogP contribution >= 0.6 is 0 Å². The van der Waals surface area contributed by atoms with E-state index < -0.39 is 11.7 Å². The molecule has 0 aliphatic carbocycles. The van der Waals surface area contributed by atoms with Crippen LogP contribution in [-0.4, -0.2) is 42.6 Å². The molecule has 3 aromatic rings. The first kappa shape index (κ1) is 19.2. The van der Waals surface area contributed by atoms with Crippen LogP contribution in [0.25, 0.3) is 22.5 Å². The van der Waals surface area contributed by atoms with Crippen LogP contribution < -0.4 is 15.0 Å². The summed E-state index contributed by atoms with van der Waals surface area (Å²) < 4.78 is 50.0. The van der Waals surface area contributed by atoms with Crippen molar-refractivity contribution in [1.29, 1.82) is 0 Å². The van der Waals surface area contributed by atoms with Crippen LogP contribution in [-0.2, 0) is 11.0 Å². The second-order valence-electron chi connectivity index (χ2n) is 6.63. The predicted octanol–water partition coefficient (Wildman–Crippen LogP) is 3.16. The number of aryl methyl sites for hydroxylation is 1. The number of benzene rings is 1. The molecule has 1 N–H and O–H groups in total. The zero-order valence-corrected chi connectivity index (χ0v) is 15.4. The van der Waals surface area contributed by atoms with E-state index in [9.17, 15) is 18.0 Å². The third kappa shape index (κ3) is 3.75. The minimum absolute atomic E-state index is 0.0928. The smallest absolute Gasteiger partial charge is 0.416 e. The maximum absolute atomic E-state index is 13.1. The fraction of sp³-hybridized carbons (Fsp3) is 0.316. The first-order valence-electron chi connectivity index (χ1n) is 8.92. The van der Waals surface area contributed by atoms with Gasteiger partial charge in [0.05, 0.1) is 11.3 Å². The van der Waals surface area contributed by atoms with Crippen LogP contribution in [0.15, 0.2) is 28.7 Å². The van der Waals surface area contributed by atoms with Crippen LogP contribution in [0.2, 0.25) is 0 Å². The molecule has 1 aliphatic rings. The van der Waals surface area contributed by atoms with Crippen molar-refractivity contribution in [3.05, 3.63) is 35.4 Å².